The molecule has 0 aromatic heterocycles. The predicted octanol–water partition coefficient (Wildman–Crippen LogP) is 3.72. The maximum absolute atomic E-state index is 3.91. The van der Waals surface area contributed by atoms with Crippen molar-refractivity contribution in [3.8, 4) is 0 Å². The van der Waals surface area contributed by atoms with Crippen LogP contribution in [0, 0.1) is 6.92 Å². The molecule has 0 N–H and O–H groups in total. The normalized spacial score (nSPS) is 10.4. The molecule has 0 amide bonds. The molecule has 0 nitrogen and oxygen atoms in total. The van der Waals surface area contributed by atoms with Gasteiger partial charge in [0.15, 0.2) is 0 Å². The number of unbranched alkanes of at least 4 members (excludes halogenated alkanes) is 5. The Hall–Kier alpha value is 0.799. The first kappa shape index (κ1) is 11.8. The molecule has 1 heteroatoms. The van der Waals surface area contributed by atoms with E-state index in [1.807, 2.05) is 0 Å². The molecule has 0 aliphatic rings. The van der Waals surface area contributed by atoms with Crippen molar-refractivity contribution in [2.45, 2.75) is 54.3 Å². The second kappa shape index (κ2) is 10.8. The first-order valence-corrected chi connectivity index (χ1v) is 8.95. The molecule has 0 aromatic carbocycles. The summed E-state index contributed by atoms with van der Waals surface area (Å²) >= 11 is 0.0346. The van der Waals surface area contributed by atoms with Gasteiger partial charge in [-0.1, -0.05) is 0 Å². The van der Waals surface area contributed by atoms with E-state index in [1.165, 1.54) is 43.0 Å². The second-order valence-electron chi connectivity index (χ2n) is 3.02. The van der Waals surface area contributed by atoms with Crippen LogP contribution in [-0.2, 0) is 0 Å². The fraction of sp³-hybridized carbons (Fsp3) is 0.900. The Balaban J connectivity index is 2.69. The van der Waals surface area contributed by atoms with Crippen LogP contribution < -0.4 is 0 Å². The Kier molecular flexibility index (Phi) is 11.6. The fourth-order valence-electron chi connectivity index (χ4n) is 1.16. The molecule has 0 spiro atoms. The Morgan fingerprint density at radius 3 is 2.27 bits per heavy atom. The molecular formula is C10H21Sn. The Bertz CT molecular complexity index is 53.9. The van der Waals surface area contributed by atoms with E-state index in [4.69, 9.17) is 0 Å². The average molecular weight is 260 g/mol. The molecule has 65 valence electrons. The minimum absolute atomic E-state index is 0.0346. The molecule has 0 fully saturated rings. The molecule has 0 aromatic rings. The van der Waals surface area contributed by atoms with Crippen LogP contribution >= 0.6 is 0 Å². The maximum atomic E-state index is 3.91. The molecule has 0 heterocycles. The van der Waals surface area contributed by atoms with E-state index in [9.17, 15) is 0 Å². The molecule has 0 aliphatic heterocycles. The summed E-state index contributed by atoms with van der Waals surface area (Å²) in [4.78, 5) is 0. The van der Waals surface area contributed by atoms with E-state index in [0.29, 0.717) is 0 Å². The van der Waals surface area contributed by atoms with Gasteiger partial charge in [-0.2, -0.15) is 0 Å². The molecule has 3 radical (unpaired) electrons. The second-order valence-corrected chi connectivity index (χ2v) is 7.30. The third kappa shape index (κ3) is 10.8. The zero-order valence-corrected chi connectivity index (χ0v) is 10.7. The van der Waals surface area contributed by atoms with Crippen LogP contribution in [-0.4, -0.2) is 21.1 Å². The van der Waals surface area contributed by atoms with Crippen molar-refractivity contribution in [1.82, 2.24) is 0 Å². The Morgan fingerprint density at radius 2 is 1.64 bits per heavy atom. The van der Waals surface area contributed by atoms with Gasteiger partial charge in [0, 0.05) is 0 Å². The van der Waals surface area contributed by atoms with Crippen LogP contribution in [0.4, 0.5) is 0 Å². The van der Waals surface area contributed by atoms with Gasteiger partial charge in [0.25, 0.3) is 0 Å². The topological polar surface area (TPSA) is 0 Å². The van der Waals surface area contributed by atoms with Crippen LogP contribution in [0.25, 0.3) is 0 Å². The van der Waals surface area contributed by atoms with Crippen molar-refractivity contribution in [1.29, 1.82) is 0 Å². The number of hydrogen-bond acceptors (Lipinski definition) is 0. The van der Waals surface area contributed by atoms with Gasteiger partial charge < -0.3 is 0 Å². The molecule has 0 rings (SSSR count). The molecule has 0 saturated heterocycles. The quantitative estimate of drug-likeness (QED) is 0.461. The molecule has 0 atom stereocenters. The molecule has 0 unspecified atom stereocenters. The summed E-state index contributed by atoms with van der Waals surface area (Å²) < 4.78 is 2.86. The summed E-state index contributed by atoms with van der Waals surface area (Å²) in [5.74, 6) is 0. The Labute approximate surface area is 82.4 Å². The average Bonchev–Trinajstić information content (AvgIpc) is 2.03. The van der Waals surface area contributed by atoms with Crippen molar-refractivity contribution in [2.75, 3.05) is 0 Å². The van der Waals surface area contributed by atoms with E-state index in [1.54, 1.807) is 4.44 Å². The van der Waals surface area contributed by atoms with Gasteiger partial charge in [0.1, 0.15) is 0 Å². The summed E-state index contributed by atoms with van der Waals surface area (Å²) in [6.07, 6.45) is 8.74. The van der Waals surface area contributed by atoms with E-state index in [-0.39, 0.29) is 21.1 Å². The zero-order chi connectivity index (χ0) is 8.36. The number of hydrogen-bond donors (Lipinski definition) is 0. The molecule has 11 heavy (non-hydrogen) atoms. The van der Waals surface area contributed by atoms with Gasteiger partial charge in [0.2, 0.25) is 0 Å². The van der Waals surface area contributed by atoms with Gasteiger partial charge in [-0.3, -0.25) is 0 Å². The number of rotatable bonds is 8. The monoisotopic (exact) mass is 261 g/mol. The van der Waals surface area contributed by atoms with Gasteiger partial charge in [-0.05, 0) is 0 Å². The van der Waals surface area contributed by atoms with E-state index < -0.39 is 0 Å². The van der Waals surface area contributed by atoms with Gasteiger partial charge in [-0.15, -0.1) is 0 Å². The van der Waals surface area contributed by atoms with Crippen LogP contribution in [0.15, 0.2) is 0 Å². The standard InChI is InChI=1S/C8H17.C2H4.Sn/c1-3-5-7-8-6-4-2;1-2;/h1,3-8H2,2H3;1-2H2;. The third-order valence-electron chi connectivity index (χ3n) is 1.88. The van der Waals surface area contributed by atoms with Crippen molar-refractivity contribution in [2.24, 2.45) is 0 Å². The fourth-order valence-corrected chi connectivity index (χ4v) is 3.30. The first-order chi connectivity index (χ1) is 5.41. The van der Waals surface area contributed by atoms with E-state index in [0.717, 1.165) is 0 Å². The Morgan fingerprint density at radius 1 is 1.00 bits per heavy atom. The van der Waals surface area contributed by atoms with Crippen LogP contribution in [0.2, 0.25) is 8.87 Å². The molecule has 0 bridgehead atoms. The summed E-state index contributed by atoms with van der Waals surface area (Å²) in [7, 11) is 0. The van der Waals surface area contributed by atoms with Crippen molar-refractivity contribution >= 4 is 21.1 Å². The predicted molar refractivity (Wildman–Crippen MR) is 54.1 cm³/mol. The first-order valence-electron chi connectivity index (χ1n) is 4.91. The van der Waals surface area contributed by atoms with Gasteiger partial charge in [-0.25, -0.2) is 0 Å². The summed E-state index contributed by atoms with van der Waals surface area (Å²) in [6, 6.07) is 0. The van der Waals surface area contributed by atoms with E-state index in [2.05, 4.69) is 13.8 Å². The molecule has 0 aliphatic carbocycles. The SMILES string of the molecule is [CH2][CH2][Sn][CH2]CCCCCCC. The summed E-state index contributed by atoms with van der Waals surface area (Å²) in [5.41, 5.74) is 0. The summed E-state index contributed by atoms with van der Waals surface area (Å²) in [6.45, 7) is 6.18. The van der Waals surface area contributed by atoms with Crippen molar-refractivity contribution < 1.29 is 0 Å². The van der Waals surface area contributed by atoms with Crippen LogP contribution in [0.3, 0.4) is 0 Å². The van der Waals surface area contributed by atoms with Crippen LogP contribution in [0.5, 0.6) is 0 Å². The van der Waals surface area contributed by atoms with Gasteiger partial charge >= 0.3 is 82.4 Å². The van der Waals surface area contributed by atoms with Crippen molar-refractivity contribution in [3.05, 3.63) is 6.92 Å². The summed E-state index contributed by atoms with van der Waals surface area (Å²) in [5, 5.41) is 0. The minimum atomic E-state index is 0.0346. The molecule has 0 saturated carbocycles. The van der Waals surface area contributed by atoms with E-state index >= 15 is 0 Å². The zero-order valence-electron chi connectivity index (χ0n) is 7.86. The van der Waals surface area contributed by atoms with Crippen LogP contribution in [0.1, 0.15) is 45.4 Å². The van der Waals surface area contributed by atoms with Gasteiger partial charge in [0.05, 0.1) is 0 Å². The third-order valence-corrected chi connectivity index (χ3v) is 4.91. The van der Waals surface area contributed by atoms with Crippen molar-refractivity contribution in [3.63, 3.8) is 0 Å². The molecular weight excluding hydrogens is 239 g/mol.